The fourth-order valence-electron chi connectivity index (χ4n) is 4.09. The molecule has 0 radical (unpaired) electrons. The van der Waals surface area contributed by atoms with Gasteiger partial charge >= 0.3 is 10.8 Å². The Hall–Kier alpha value is -3.95. The van der Waals surface area contributed by atoms with Gasteiger partial charge in [0.2, 0.25) is 0 Å². The van der Waals surface area contributed by atoms with Crippen molar-refractivity contribution in [3.63, 3.8) is 0 Å². The van der Waals surface area contributed by atoms with Crippen molar-refractivity contribution in [1.82, 2.24) is 4.57 Å². The molecule has 4 aromatic rings. The fraction of sp³-hybridized carbons (Fsp3) is 0.323. The predicted molar refractivity (Wildman–Crippen MR) is 158 cm³/mol. The first-order valence-corrected chi connectivity index (χ1v) is 14.0. The Morgan fingerprint density at radius 1 is 1.02 bits per heavy atom. The van der Waals surface area contributed by atoms with E-state index in [1.807, 2.05) is 81.4 Å². The van der Waals surface area contributed by atoms with Crippen LogP contribution in [0.5, 0.6) is 5.75 Å². The molecule has 0 aliphatic carbocycles. The van der Waals surface area contributed by atoms with Crippen LogP contribution < -0.4 is 9.61 Å². The first-order valence-electron chi connectivity index (χ1n) is 13.2. The lowest BCUT2D eigenvalue weighted by atomic mass is 10.0. The quantitative estimate of drug-likeness (QED) is 0.175. The highest BCUT2D eigenvalue weighted by Crippen LogP contribution is 2.23. The summed E-state index contributed by atoms with van der Waals surface area (Å²) in [4.78, 5) is 29.9. The molecule has 0 saturated carbocycles. The highest BCUT2D eigenvalue weighted by Gasteiger charge is 2.18. The van der Waals surface area contributed by atoms with Gasteiger partial charge < -0.3 is 19.4 Å². The second-order valence-corrected chi connectivity index (χ2v) is 11.2. The van der Waals surface area contributed by atoms with Crippen LogP contribution in [0, 0.1) is 0 Å². The van der Waals surface area contributed by atoms with Crippen molar-refractivity contribution in [2.24, 2.45) is 5.16 Å². The topological polar surface area (TPSA) is 99.4 Å². The van der Waals surface area contributed by atoms with Crippen LogP contribution in [0.4, 0.5) is 0 Å². The summed E-state index contributed by atoms with van der Waals surface area (Å²) < 4.78 is 13.7. The van der Waals surface area contributed by atoms with Gasteiger partial charge in [-0.3, -0.25) is 9.36 Å². The molecule has 40 heavy (non-hydrogen) atoms. The highest BCUT2D eigenvalue weighted by atomic mass is 32.1. The number of nitrogens with zero attached hydrogens (tertiary/aromatic N) is 2. The molecule has 4 rings (SSSR count). The first-order chi connectivity index (χ1) is 19.1. The van der Waals surface area contributed by atoms with E-state index in [0.29, 0.717) is 31.2 Å². The zero-order valence-corrected chi connectivity index (χ0v) is 23.9. The third kappa shape index (κ3) is 7.58. The lowest BCUT2D eigenvalue weighted by Crippen LogP contribution is -2.26. The summed E-state index contributed by atoms with van der Waals surface area (Å²) in [6.07, 6.45) is -0.599. The lowest BCUT2D eigenvalue weighted by Gasteiger charge is -2.17. The fourth-order valence-corrected chi connectivity index (χ4v) is 5.04. The number of oxime groups is 1. The number of benzene rings is 3. The first kappa shape index (κ1) is 29.0. The zero-order chi connectivity index (χ0) is 28.7. The van der Waals surface area contributed by atoms with Gasteiger partial charge in [0.05, 0.1) is 16.8 Å². The van der Waals surface area contributed by atoms with Crippen LogP contribution in [0.2, 0.25) is 0 Å². The molecule has 8 nitrogen and oxygen atoms in total. The number of fused-ring (bicyclic) bond motifs is 1. The van der Waals surface area contributed by atoms with Gasteiger partial charge in [0.15, 0.2) is 6.10 Å². The molecule has 0 spiro atoms. The minimum absolute atomic E-state index is 0.0640. The van der Waals surface area contributed by atoms with Gasteiger partial charge in [-0.15, -0.1) is 0 Å². The number of hydrogen-bond donors (Lipinski definition) is 1. The third-order valence-corrected chi connectivity index (χ3v) is 6.91. The van der Waals surface area contributed by atoms with Crippen molar-refractivity contribution in [3.05, 3.63) is 99.2 Å². The SMILES string of the molecule is CCOC(Cc1ccc(OCCn2c(=O)sc3cc(/C(=N\OC(C)(C)C)c4ccccc4)ccc32)cc1)C(=O)O. The molecule has 0 aliphatic rings. The van der Waals surface area contributed by atoms with E-state index in [2.05, 4.69) is 5.16 Å². The Balaban J connectivity index is 1.47. The molecule has 210 valence electrons. The second-order valence-electron chi connectivity index (χ2n) is 10.2. The number of aliphatic carboxylic acids is 1. The summed E-state index contributed by atoms with van der Waals surface area (Å²) in [5.74, 6) is -0.339. The molecule has 0 fully saturated rings. The Morgan fingerprint density at radius 3 is 2.40 bits per heavy atom. The Kier molecular flexibility index (Phi) is 9.39. The molecule has 0 amide bonds. The molecule has 1 aromatic heterocycles. The van der Waals surface area contributed by atoms with Crippen molar-refractivity contribution in [1.29, 1.82) is 0 Å². The molecule has 0 aliphatic heterocycles. The van der Waals surface area contributed by atoms with E-state index in [4.69, 9.17) is 14.3 Å². The molecule has 1 atom stereocenters. The largest absolute Gasteiger partial charge is 0.492 e. The van der Waals surface area contributed by atoms with E-state index in [0.717, 1.165) is 26.9 Å². The minimum Gasteiger partial charge on any atom is -0.492 e. The Bertz CT molecular complexity index is 1520. The van der Waals surface area contributed by atoms with Crippen LogP contribution >= 0.6 is 11.3 Å². The predicted octanol–water partition coefficient (Wildman–Crippen LogP) is 5.74. The van der Waals surface area contributed by atoms with Gasteiger partial charge in [-0.05, 0) is 57.5 Å². The number of ether oxygens (including phenoxy) is 2. The maximum atomic E-state index is 12.9. The van der Waals surface area contributed by atoms with Gasteiger partial charge in [0.1, 0.15) is 23.7 Å². The summed E-state index contributed by atoms with van der Waals surface area (Å²) in [5.41, 5.74) is 3.72. The molecule has 1 N–H and O–H groups in total. The Morgan fingerprint density at radius 2 is 1.75 bits per heavy atom. The van der Waals surface area contributed by atoms with Crippen molar-refractivity contribution >= 4 is 33.2 Å². The average molecular weight is 563 g/mol. The molecular formula is C31H34N2O6S. The van der Waals surface area contributed by atoms with Crippen LogP contribution in [-0.4, -0.2) is 46.3 Å². The second kappa shape index (κ2) is 12.9. The summed E-state index contributed by atoms with van der Waals surface area (Å²) in [6, 6.07) is 22.9. The zero-order valence-electron chi connectivity index (χ0n) is 23.1. The van der Waals surface area contributed by atoms with Crippen molar-refractivity contribution in [3.8, 4) is 5.75 Å². The normalized spacial score (nSPS) is 12.8. The van der Waals surface area contributed by atoms with Crippen molar-refractivity contribution in [2.75, 3.05) is 13.2 Å². The van der Waals surface area contributed by atoms with Gasteiger partial charge in [-0.25, -0.2) is 4.79 Å². The van der Waals surface area contributed by atoms with Crippen LogP contribution in [0.25, 0.3) is 10.2 Å². The summed E-state index contributed by atoms with van der Waals surface area (Å²) in [7, 11) is 0. The summed E-state index contributed by atoms with van der Waals surface area (Å²) >= 11 is 1.19. The molecule has 9 heteroatoms. The molecule has 1 heterocycles. The highest BCUT2D eigenvalue weighted by molar-refractivity contribution is 7.16. The summed E-state index contributed by atoms with van der Waals surface area (Å²) in [5, 5.41) is 13.8. The molecule has 1 unspecified atom stereocenters. The molecular weight excluding hydrogens is 528 g/mol. The van der Waals surface area contributed by atoms with E-state index >= 15 is 0 Å². The molecule has 0 bridgehead atoms. The van der Waals surface area contributed by atoms with E-state index in [1.165, 1.54) is 11.3 Å². The van der Waals surface area contributed by atoms with Crippen LogP contribution in [0.1, 0.15) is 44.4 Å². The van der Waals surface area contributed by atoms with Gasteiger partial charge in [0.25, 0.3) is 0 Å². The third-order valence-electron chi connectivity index (χ3n) is 5.97. The number of rotatable bonds is 12. The number of carboxylic acids is 1. The lowest BCUT2D eigenvalue weighted by molar-refractivity contribution is -0.149. The van der Waals surface area contributed by atoms with Crippen LogP contribution in [0.3, 0.4) is 0 Å². The van der Waals surface area contributed by atoms with E-state index < -0.39 is 17.7 Å². The van der Waals surface area contributed by atoms with E-state index in [-0.39, 0.29) is 11.3 Å². The van der Waals surface area contributed by atoms with Gasteiger partial charge in [-0.1, -0.05) is 65.0 Å². The van der Waals surface area contributed by atoms with Crippen LogP contribution in [-0.2, 0) is 27.3 Å². The van der Waals surface area contributed by atoms with Gasteiger partial charge in [0, 0.05) is 24.2 Å². The Labute approximate surface area is 237 Å². The maximum Gasteiger partial charge on any atom is 0.333 e. The summed E-state index contributed by atoms with van der Waals surface area (Å²) in [6.45, 7) is 8.64. The van der Waals surface area contributed by atoms with E-state index in [9.17, 15) is 14.7 Å². The van der Waals surface area contributed by atoms with Crippen molar-refractivity contribution < 1.29 is 24.2 Å². The number of hydrogen-bond acceptors (Lipinski definition) is 7. The number of carboxylic acid groups (broad SMARTS) is 1. The molecule has 0 saturated heterocycles. The van der Waals surface area contributed by atoms with Crippen molar-refractivity contribution in [2.45, 2.75) is 52.4 Å². The maximum absolute atomic E-state index is 12.9. The minimum atomic E-state index is -0.982. The monoisotopic (exact) mass is 562 g/mol. The van der Waals surface area contributed by atoms with E-state index in [1.54, 1.807) is 23.6 Å². The average Bonchev–Trinajstić information content (AvgIpc) is 3.23. The number of carbonyl (C=O) groups is 1. The van der Waals surface area contributed by atoms with Gasteiger partial charge in [-0.2, -0.15) is 0 Å². The standard InChI is InChI=1S/C31H34N2O6S/c1-5-37-26(29(34)35)19-21-11-14-24(15-12-21)38-18-17-33-25-16-13-23(20-27(25)40-30(33)36)28(32-39-31(2,3)4)22-9-7-6-8-10-22/h6-16,20,26H,5,17-19H2,1-4H3,(H,34,35)/b32-28-. The smallest absolute Gasteiger partial charge is 0.333 e. The van der Waals surface area contributed by atoms with Crippen LogP contribution in [0.15, 0.2) is 82.7 Å². The number of thiazole rings is 1. The molecule has 3 aromatic carbocycles. The number of aromatic nitrogens is 1.